The van der Waals surface area contributed by atoms with E-state index in [-0.39, 0.29) is 30.3 Å². The van der Waals surface area contributed by atoms with E-state index in [1.807, 2.05) is 26.8 Å². The zero-order valence-electron chi connectivity index (χ0n) is 13.0. The lowest BCUT2D eigenvalue weighted by molar-refractivity contribution is 0.0941. The Balaban J connectivity index is 0.00000176. The van der Waals surface area contributed by atoms with E-state index in [2.05, 4.69) is 20.8 Å². The van der Waals surface area contributed by atoms with Gasteiger partial charge < -0.3 is 15.2 Å². The first-order valence-electron chi connectivity index (χ1n) is 7.34. The van der Waals surface area contributed by atoms with E-state index in [0.29, 0.717) is 11.3 Å². The molecule has 1 amide bonds. The van der Waals surface area contributed by atoms with Crippen molar-refractivity contribution in [1.82, 2.24) is 20.8 Å². The van der Waals surface area contributed by atoms with Crippen LogP contribution in [0.3, 0.4) is 0 Å². The Morgan fingerprint density at radius 2 is 2.27 bits per heavy atom. The van der Waals surface area contributed by atoms with Crippen molar-refractivity contribution in [3.63, 3.8) is 0 Å². The fraction of sp³-hybridized carbons (Fsp3) is 0.533. The van der Waals surface area contributed by atoms with Gasteiger partial charge in [0.1, 0.15) is 0 Å². The van der Waals surface area contributed by atoms with Crippen LogP contribution in [0.25, 0.3) is 11.1 Å². The summed E-state index contributed by atoms with van der Waals surface area (Å²) in [6.07, 6.45) is 0.958. The van der Waals surface area contributed by atoms with Gasteiger partial charge in [0.2, 0.25) is 0 Å². The molecule has 22 heavy (non-hydrogen) atoms. The number of hydrogen-bond donors (Lipinski definition) is 2. The van der Waals surface area contributed by atoms with E-state index >= 15 is 0 Å². The highest BCUT2D eigenvalue weighted by molar-refractivity contribution is 6.06. The molecule has 0 bridgehead atoms. The van der Waals surface area contributed by atoms with Gasteiger partial charge in [-0.2, -0.15) is 0 Å². The number of nitrogens with zero attached hydrogens (tertiary/aromatic N) is 2. The number of hydrogen-bond acceptors (Lipinski definition) is 5. The smallest absolute Gasteiger partial charge is 0.259 e. The molecule has 120 valence electrons. The minimum Gasteiger partial charge on any atom is -0.348 e. The number of fused-ring (bicyclic) bond motifs is 1. The monoisotopic (exact) mass is 324 g/mol. The molecule has 1 saturated heterocycles. The highest BCUT2D eigenvalue weighted by Crippen LogP contribution is 2.27. The largest absolute Gasteiger partial charge is 0.348 e. The molecule has 0 aromatic carbocycles. The van der Waals surface area contributed by atoms with Gasteiger partial charge in [0, 0.05) is 18.3 Å². The summed E-state index contributed by atoms with van der Waals surface area (Å²) in [7, 11) is 0. The molecule has 7 heteroatoms. The van der Waals surface area contributed by atoms with Crippen LogP contribution in [-0.4, -0.2) is 35.2 Å². The number of pyridine rings is 1. The lowest BCUT2D eigenvalue weighted by Gasteiger charge is -2.12. The molecule has 0 saturated carbocycles. The van der Waals surface area contributed by atoms with E-state index in [1.54, 1.807) is 0 Å². The molecular formula is C15H21ClN4O2. The Morgan fingerprint density at radius 1 is 1.50 bits per heavy atom. The predicted octanol–water partition coefficient (Wildman–Crippen LogP) is 2.17. The summed E-state index contributed by atoms with van der Waals surface area (Å²) in [5.41, 5.74) is 2.58. The van der Waals surface area contributed by atoms with Gasteiger partial charge >= 0.3 is 0 Å². The van der Waals surface area contributed by atoms with Crippen molar-refractivity contribution in [3.8, 4) is 0 Å². The third-order valence-corrected chi connectivity index (χ3v) is 3.79. The van der Waals surface area contributed by atoms with Gasteiger partial charge in [0.15, 0.2) is 0 Å². The molecular weight excluding hydrogens is 304 g/mol. The number of nitrogens with one attached hydrogen (secondary N) is 2. The molecule has 1 atom stereocenters. The molecule has 1 unspecified atom stereocenters. The van der Waals surface area contributed by atoms with E-state index in [9.17, 15) is 4.79 Å². The topological polar surface area (TPSA) is 80.0 Å². The van der Waals surface area contributed by atoms with Crippen LogP contribution in [-0.2, 0) is 0 Å². The Hall–Kier alpha value is -1.66. The SMILES string of the molecule is Cc1cc(C(=O)NC2CCNC2)c2c(C(C)C)noc2n1.Cl. The maximum Gasteiger partial charge on any atom is 0.259 e. The molecule has 3 rings (SSSR count). The molecule has 2 aromatic heterocycles. The molecule has 6 nitrogen and oxygen atoms in total. The van der Waals surface area contributed by atoms with Crippen molar-refractivity contribution in [2.45, 2.75) is 39.2 Å². The normalized spacial score (nSPS) is 17.7. The second-order valence-electron chi connectivity index (χ2n) is 5.88. The molecule has 0 aliphatic carbocycles. The third-order valence-electron chi connectivity index (χ3n) is 3.79. The van der Waals surface area contributed by atoms with Crippen molar-refractivity contribution in [2.24, 2.45) is 0 Å². The van der Waals surface area contributed by atoms with Crippen molar-refractivity contribution in [2.75, 3.05) is 13.1 Å². The van der Waals surface area contributed by atoms with Crippen LogP contribution in [0.4, 0.5) is 0 Å². The zero-order valence-corrected chi connectivity index (χ0v) is 13.8. The first-order chi connectivity index (χ1) is 10.1. The van der Waals surface area contributed by atoms with Gasteiger partial charge in [-0.15, -0.1) is 12.4 Å². The summed E-state index contributed by atoms with van der Waals surface area (Å²) in [5.74, 6) is 0.0970. The zero-order chi connectivity index (χ0) is 15.0. The average Bonchev–Trinajstić information content (AvgIpc) is 3.06. The number of carbonyl (C=O) groups excluding carboxylic acids is 1. The van der Waals surface area contributed by atoms with Crippen LogP contribution in [0.15, 0.2) is 10.6 Å². The number of amides is 1. The van der Waals surface area contributed by atoms with Crippen LogP contribution >= 0.6 is 12.4 Å². The highest BCUT2D eigenvalue weighted by Gasteiger charge is 2.24. The summed E-state index contributed by atoms with van der Waals surface area (Å²) < 4.78 is 5.30. The molecule has 3 heterocycles. The molecule has 1 aliphatic rings. The lowest BCUT2D eigenvalue weighted by Crippen LogP contribution is -2.36. The fourth-order valence-electron chi connectivity index (χ4n) is 2.71. The summed E-state index contributed by atoms with van der Waals surface area (Å²) in [6, 6.07) is 1.99. The Kier molecular flexibility index (Phi) is 5.03. The van der Waals surface area contributed by atoms with E-state index in [0.717, 1.165) is 36.3 Å². The van der Waals surface area contributed by atoms with E-state index in [4.69, 9.17) is 4.52 Å². The molecule has 2 aromatic rings. The second-order valence-corrected chi connectivity index (χ2v) is 5.88. The summed E-state index contributed by atoms with van der Waals surface area (Å²) in [4.78, 5) is 16.9. The van der Waals surface area contributed by atoms with Crippen LogP contribution in [0, 0.1) is 6.92 Å². The quantitative estimate of drug-likeness (QED) is 0.904. The number of rotatable bonds is 3. The van der Waals surface area contributed by atoms with Crippen LogP contribution in [0.1, 0.15) is 47.9 Å². The Morgan fingerprint density at radius 3 is 2.91 bits per heavy atom. The molecule has 1 aliphatic heterocycles. The van der Waals surface area contributed by atoms with Gasteiger partial charge in [-0.3, -0.25) is 4.79 Å². The summed E-state index contributed by atoms with van der Waals surface area (Å²) in [5, 5.41) is 11.1. The molecule has 0 spiro atoms. The van der Waals surface area contributed by atoms with Crippen LogP contribution < -0.4 is 10.6 Å². The number of aryl methyl sites for hydroxylation is 1. The van der Waals surface area contributed by atoms with E-state index < -0.39 is 0 Å². The van der Waals surface area contributed by atoms with E-state index in [1.165, 1.54) is 0 Å². The van der Waals surface area contributed by atoms with Crippen LogP contribution in [0.2, 0.25) is 0 Å². The number of halogens is 1. The summed E-state index contributed by atoms with van der Waals surface area (Å²) >= 11 is 0. The minimum absolute atomic E-state index is 0. The van der Waals surface area contributed by atoms with Crippen molar-refractivity contribution in [3.05, 3.63) is 23.0 Å². The highest BCUT2D eigenvalue weighted by atomic mass is 35.5. The Labute approximate surface area is 135 Å². The lowest BCUT2D eigenvalue weighted by atomic mass is 10.0. The minimum atomic E-state index is -0.0794. The fourth-order valence-corrected chi connectivity index (χ4v) is 2.71. The van der Waals surface area contributed by atoms with Gasteiger partial charge in [-0.1, -0.05) is 19.0 Å². The maximum atomic E-state index is 12.6. The standard InChI is InChI=1S/C15H20N4O2.ClH/c1-8(2)13-12-11(6-9(3)17-15(12)21-19-13)14(20)18-10-4-5-16-7-10;/h6,8,10,16H,4-5,7H2,1-3H3,(H,18,20);1H. The van der Waals surface area contributed by atoms with Gasteiger partial charge in [0.05, 0.1) is 16.6 Å². The molecule has 0 radical (unpaired) electrons. The van der Waals surface area contributed by atoms with Crippen molar-refractivity contribution >= 4 is 29.4 Å². The summed E-state index contributed by atoms with van der Waals surface area (Å²) in [6.45, 7) is 7.67. The molecule has 2 N–H and O–H groups in total. The van der Waals surface area contributed by atoms with Crippen LogP contribution in [0.5, 0.6) is 0 Å². The van der Waals surface area contributed by atoms with Crippen molar-refractivity contribution in [1.29, 1.82) is 0 Å². The third kappa shape index (κ3) is 3.08. The predicted molar refractivity (Wildman–Crippen MR) is 86.6 cm³/mol. The van der Waals surface area contributed by atoms with Gasteiger partial charge in [-0.25, -0.2) is 4.98 Å². The Bertz CT molecular complexity index is 677. The second kappa shape index (κ2) is 6.62. The molecule has 1 fully saturated rings. The van der Waals surface area contributed by atoms with Crippen molar-refractivity contribution < 1.29 is 9.32 Å². The first-order valence-corrected chi connectivity index (χ1v) is 7.34. The van der Waals surface area contributed by atoms with Gasteiger partial charge in [-0.05, 0) is 31.9 Å². The number of aromatic nitrogens is 2. The number of carbonyl (C=O) groups is 1. The maximum absolute atomic E-state index is 12.6. The van der Waals surface area contributed by atoms with Gasteiger partial charge in [0.25, 0.3) is 11.6 Å². The first kappa shape index (κ1) is 16.7. The average molecular weight is 325 g/mol.